The number of alkyl halides is 1. The molecule has 0 aliphatic rings. The molecule has 0 spiro atoms. The average Bonchev–Trinajstić information content (AvgIpc) is 2.03. The number of hydrogen-bond acceptors (Lipinski definition) is 2. The second-order valence-electron chi connectivity index (χ2n) is 2.09. The molecule has 4 nitrogen and oxygen atoms in total. The van der Waals surface area contributed by atoms with Gasteiger partial charge in [0.15, 0.2) is 0 Å². The first-order chi connectivity index (χ1) is 5.57. The van der Waals surface area contributed by atoms with Crippen LogP contribution in [-0.2, 0) is 9.59 Å². The van der Waals surface area contributed by atoms with Gasteiger partial charge in [0.2, 0.25) is 11.8 Å². The Morgan fingerprint density at radius 3 is 2.50 bits per heavy atom. The summed E-state index contributed by atoms with van der Waals surface area (Å²) >= 11 is 10.6. The minimum absolute atomic E-state index is 0.0810. The van der Waals surface area contributed by atoms with Gasteiger partial charge in [-0.3, -0.25) is 14.0 Å². The third kappa shape index (κ3) is 5.21. The van der Waals surface area contributed by atoms with Gasteiger partial charge in [-0.1, -0.05) is 0 Å². The molecule has 1 N–H and O–H groups in total. The number of carbonyl (C=O) groups excluding carboxylic acids is 2. The zero-order chi connectivity index (χ0) is 9.56. The van der Waals surface area contributed by atoms with Gasteiger partial charge < -0.3 is 5.32 Å². The Balaban J connectivity index is 3.43. The summed E-state index contributed by atoms with van der Waals surface area (Å²) in [5.74, 6) is -0.607. The molecule has 0 aliphatic heterocycles. The molecule has 0 bridgehead atoms. The Bertz CT molecular complexity index is 175. The van der Waals surface area contributed by atoms with Crippen LogP contribution >= 0.6 is 23.4 Å². The first-order valence-corrected chi connectivity index (χ1v) is 4.21. The lowest BCUT2D eigenvalue weighted by Gasteiger charge is -2.10. The number of rotatable bonds is 4. The van der Waals surface area contributed by atoms with Crippen LogP contribution in [0, 0.1) is 0 Å². The summed E-state index contributed by atoms with van der Waals surface area (Å²) in [6.07, 6.45) is 0. The summed E-state index contributed by atoms with van der Waals surface area (Å²) in [4.78, 5) is 21.1. The van der Waals surface area contributed by atoms with E-state index in [0.29, 0.717) is 6.54 Å². The van der Waals surface area contributed by atoms with Gasteiger partial charge in [-0.2, -0.15) is 0 Å². The van der Waals surface area contributed by atoms with Crippen LogP contribution in [0.2, 0.25) is 0 Å². The minimum Gasteiger partial charge on any atom is -0.353 e. The molecule has 12 heavy (non-hydrogen) atoms. The van der Waals surface area contributed by atoms with E-state index >= 15 is 0 Å². The summed E-state index contributed by atoms with van der Waals surface area (Å²) in [6, 6.07) is 0. The Labute approximate surface area is 80.9 Å². The summed E-state index contributed by atoms with van der Waals surface area (Å²) in [5.41, 5.74) is 0. The van der Waals surface area contributed by atoms with Crippen LogP contribution < -0.4 is 5.32 Å². The van der Waals surface area contributed by atoms with Crippen molar-refractivity contribution in [3.05, 3.63) is 0 Å². The fourth-order valence-corrected chi connectivity index (χ4v) is 0.677. The number of halogens is 2. The molecule has 0 heterocycles. The molecule has 0 aliphatic carbocycles. The maximum Gasteiger partial charge on any atom is 0.234 e. The third-order valence-corrected chi connectivity index (χ3v) is 1.74. The molecule has 0 saturated carbocycles. The van der Waals surface area contributed by atoms with Crippen molar-refractivity contribution in [3.63, 3.8) is 0 Å². The van der Waals surface area contributed by atoms with Crippen LogP contribution in [0.5, 0.6) is 0 Å². The van der Waals surface area contributed by atoms with Gasteiger partial charge in [0, 0.05) is 25.2 Å². The van der Waals surface area contributed by atoms with Gasteiger partial charge in [-0.05, 0) is 0 Å². The molecule has 0 radical (unpaired) electrons. The maximum absolute atomic E-state index is 10.6. The molecule has 0 saturated heterocycles. The first kappa shape index (κ1) is 11.5. The van der Waals surface area contributed by atoms with E-state index in [9.17, 15) is 9.59 Å². The maximum atomic E-state index is 10.6. The van der Waals surface area contributed by atoms with Crippen molar-refractivity contribution in [1.82, 2.24) is 9.74 Å². The van der Waals surface area contributed by atoms with Crippen LogP contribution in [0.15, 0.2) is 0 Å². The van der Waals surface area contributed by atoms with E-state index < -0.39 is 0 Å². The molecule has 0 aromatic rings. The lowest BCUT2D eigenvalue weighted by molar-refractivity contribution is -0.125. The lowest BCUT2D eigenvalue weighted by atomic mass is 10.5. The topological polar surface area (TPSA) is 49.4 Å². The molecule has 0 aromatic carbocycles. The monoisotopic (exact) mass is 212 g/mol. The van der Waals surface area contributed by atoms with Crippen LogP contribution in [0.4, 0.5) is 0 Å². The Morgan fingerprint density at radius 1 is 1.50 bits per heavy atom. The highest BCUT2D eigenvalue weighted by molar-refractivity contribution is 6.27. The SMILES string of the molecule is CC(=O)N(Cl)CCNC(=O)CCl. The number of nitrogens with one attached hydrogen (secondary N) is 1. The highest BCUT2D eigenvalue weighted by Gasteiger charge is 2.04. The van der Waals surface area contributed by atoms with E-state index in [1.54, 1.807) is 0 Å². The minimum atomic E-state index is -0.273. The fraction of sp³-hybridized carbons (Fsp3) is 0.667. The molecule has 0 atom stereocenters. The summed E-state index contributed by atoms with van der Waals surface area (Å²) in [5, 5.41) is 2.47. The predicted molar refractivity (Wildman–Crippen MR) is 47.0 cm³/mol. The van der Waals surface area contributed by atoms with Crippen molar-refractivity contribution in [2.24, 2.45) is 0 Å². The van der Waals surface area contributed by atoms with Crippen LogP contribution in [-0.4, -0.2) is 35.2 Å². The molecule has 2 amide bonds. The summed E-state index contributed by atoms with van der Waals surface area (Å²) in [7, 11) is 0. The second-order valence-corrected chi connectivity index (χ2v) is 2.76. The van der Waals surface area contributed by atoms with Crippen LogP contribution in [0.1, 0.15) is 6.92 Å². The van der Waals surface area contributed by atoms with Crippen LogP contribution in [0.3, 0.4) is 0 Å². The predicted octanol–water partition coefficient (Wildman–Crippen LogP) is 0.344. The highest BCUT2D eigenvalue weighted by atomic mass is 35.5. The van der Waals surface area contributed by atoms with Crippen molar-refractivity contribution < 1.29 is 9.59 Å². The summed E-state index contributed by atoms with van der Waals surface area (Å²) in [6.45, 7) is 1.94. The molecule has 0 rings (SSSR count). The molecular formula is C6H10Cl2N2O2. The number of carbonyl (C=O) groups is 2. The third-order valence-electron chi connectivity index (χ3n) is 1.09. The van der Waals surface area contributed by atoms with Gasteiger partial charge in [-0.15, -0.1) is 11.6 Å². The zero-order valence-corrected chi connectivity index (χ0v) is 8.15. The zero-order valence-electron chi connectivity index (χ0n) is 6.64. The fourth-order valence-electron chi connectivity index (χ4n) is 0.498. The van der Waals surface area contributed by atoms with Crippen molar-refractivity contribution >= 4 is 35.2 Å². The molecule has 6 heteroatoms. The van der Waals surface area contributed by atoms with Gasteiger partial charge in [0.25, 0.3) is 0 Å². The largest absolute Gasteiger partial charge is 0.353 e. The van der Waals surface area contributed by atoms with Crippen molar-refractivity contribution in [1.29, 1.82) is 0 Å². The van der Waals surface area contributed by atoms with Crippen molar-refractivity contribution in [3.8, 4) is 0 Å². The standard InChI is InChI=1S/C6H10Cl2N2O2/c1-5(11)10(8)3-2-9-6(12)4-7/h2-4H2,1H3,(H,9,12). The van der Waals surface area contributed by atoms with Crippen molar-refractivity contribution in [2.45, 2.75) is 6.92 Å². The Morgan fingerprint density at radius 2 is 2.08 bits per heavy atom. The van der Waals surface area contributed by atoms with Gasteiger partial charge in [0.1, 0.15) is 5.88 Å². The van der Waals surface area contributed by atoms with E-state index in [-0.39, 0.29) is 24.2 Å². The van der Waals surface area contributed by atoms with E-state index in [0.717, 1.165) is 4.42 Å². The van der Waals surface area contributed by atoms with Gasteiger partial charge in [0.05, 0.1) is 6.54 Å². The highest BCUT2D eigenvalue weighted by Crippen LogP contribution is 1.91. The second kappa shape index (κ2) is 6.08. The quantitative estimate of drug-likeness (QED) is 0.540. The van der Waals surface area contributed by atoms with Gasteiger partial charge in [-0.25, -0.2) is 0 Å². The smallest absolute Gasteiger partial charge is 0.234 e. The first-order valence-electron chi connectivity index (χ1n) is 3.34. The number of hydrogen-bond donors (Lipinski definition) is 1. The molecular weight excluding hydrogens is 203 g/mol. The van der Waals surface area contributed by atoms with E-state index in [4.69, 9.17) is 23.4 Å². The molecule has 0 fully saturated rings. The number of amides is 2. The van der Waals surface area contributed by atoms with E-state index in [1.165, 1.54) is 6.92 Å². The van der Waals surface area contributed by atoms with Crippen molar-refractivity contribution in [2.75, 3.05) is 19.0 Å². The molecule has 0 unspecified atom stereocenters. The Kier molecular flexibility index (Phi) is 5.84. The molecule has 70 valence electrons. The van der Waals surface area contributed by atoms with E-state index in [1.807, 2.05) is 0 Å². The number of nitrogens with zero attached hydrogens (tertiary/aromatic N) is 1. The normalized spacial score (nSPS) is 9.25. The Hall–Kier alpha value is -0.480. The van der Waals surface area contributed by atoms with Crippen LogP contribution in [0.25, 0.3) is 0 Å². The lowest BCUT2D eigenvalue weighted by Crippen LogP contribution is -2.33. The van der Waals surface area contributed by atoms with Gasteiger partial charge >= 0.3 is 0 Å². The average molecular weight is 213 g/mol. The molecule has 0 aromatic heterocycles. The van der Waals surface area contributed by atoms with E-state index in [2.05, 4.69) is 5.32 Å². The summed E-state index contributed by atoms with van der Waals surface area (Å²) < 4.78 is 0.995.